The summed E-state index contributed by atoms with van der Waals surface area (Å²) in [7, 11) is 0. The van der Waals surface area contributed by atoms with Crippen LogP contribution in [-0.2, 0) is 10.2 Å². The molecule has 0 spiro atoms. The molecule has 1 saturated heterocycles. The minimum absolute atomic E-state index is 0.174. The lowest BCUT2D eigenvalue weighted by Gasteiger charge is -2.23. The van der Waals surface area contributed by atoms with Crippen LogP contribution in [0.25, 0.3) is 0 Å². The van der Waals surface area contributed by atoms with E-state index in [1.54, 1.807) is 18.0 Å². The minimum Gasteiger partial charge on any atom is -0.481 e. The Morgan fingerprint density at radius 2 is 2.57 bits per heavy atom. The zero-order chi connectivity index (χ0) is 10.0. The Morgan fingerprint density at radius 3 is 3.07 bits per heavy atom. The molecule has 1 atom stereocenters. The molecule has 3 nitrogen and oxygen atoms in total. The highest BCUT2D eigenvalue weighted by Crippen LogP contribution is 2.41. The fourth-order valence-corrected chi connectivity index (χ4v) is 3.36. The summed E-state index contributed by atoms with van der Waals surface area (Å²) in [4.78, 5) is 10.8. The van der Waals surface area contributed by atoms with Crippen LogP contribution in [0.3, 0.4) is 0 Å². The van der Waals surface area contributed by atoms with Crippen LogP contribution in [0, 0.1) is 0 Å². The average Bonchev–Trinajstić information content (AvgIpc) is 2.69. The van der Waals surface area contributed by atoms with Crippen LogP contribution >= 0.6 is 11.8 Å². The van der Waals surface area contributed by atoms with Gasteiger partial charge >= 0.3 is 5.97 Å². The molecule has 0 aliphatic carbocycles. The largest absolute Gasteiger partial charge is 0.481 e. The number of thioether (sulfide) groups is 1. The van der Waals surface area contributed by atoms with E-state index in [-0.39, 0.29) is 11.8 Å². The Bertz CT molecular complexity index is 312. The number of furan rings is 1. The maximum atomic E-state index is 10.8. The maximum absolute atomic E-state index is 10.8. The van der Waals surface area contributed by atoms with Gasteiger partial charge in [-0.15, -0.1) is 0 Å². The predicted molar refractivity (Wildman–Crippen MR) is 54.6 cm³/mol. The van der Waals surface area contributed by atoms with Gasteiger partial charge in [-0.05, 0) is 24.3 Å². The van der Waals surface area contributed by atoms with Crippen LogP contribution in [0.15, 0.2) is 22.8 Å². The molecule has 0 amide bonds. The van der Waals surface area contributed by atoms with E-state index in [4.69, 9.17) is 9.52 Å². The zero-order valence-electron chi connectivity index (χ0n) is 7.73. The summed E-state index contributed by atoms with van der Waals surface area (Å²) in [6.07, 6.45) is 2.69. The Kier molecular flexibility index (Phi) is 2.54. The molecular formula is C10H12O3S. The van der Waals surface area contributed by atoms with E-state index in [0.717, 1.165) is 23.7 Å². The van der Waals surface area contributed by atoms with Crippen LogP contribution < -0.4 is 0 Å². The third-order valence-corrected chi connectivity index (χ3v) is 3.89. The lowest BCUT2D eigenvalue weighted by Crippen LogP contribution is -2.28. The van der Waals surface area contributed by atoms with Crippen LogP contribution in [0.2, 0.25) is 0 Å². The molecule has 1 aliphatic rings. The number of aliphatic carboxylic acids is 1. The van der Waals surface area contributed by atoms with Crippen molar-refractivity contribution in [3.05, 3.63) is 24.2 Å². The van der Waals surface area contributed by atoms with Crippen molar-refractivity contribution in [2.24, 2.45) is 0 Å². The Labute approximate surface area is 86.5 Å². The van der Waals surface area contributed by atoms with Gasteiger partial charge in [0.2, 0.25) is 0 Å². The van der Waals surface area contributed by atoms with Crippen molar-refractivity contribution in [3.63, 3.8) is 0 Å². The second kappa shape index (κ2) is 3.69. The summed E-state index contributed by atoms with van der Waals surface area (Å²) in [5.74, 6) is 1.95. The molecular weight excluding hydrogens is 200 g/mol. The first-order valence-electron chi connectivity index (χ1n) is 4.56. The summed E-state index contributed by atoms with van der Waals surface area (Å²) >= 11 is 1.80. The second-order valence-corrected chi connectivity index (χ2v) is 4.74. The maximum Gasteiger partial charge on any atom is 0.304 e. The quantitative estimate of drug-likeness (QED) is 0.833. The van der Waals surface area contributed by atoms with Crippen LogP contribution in [0.5, 0.6) is 0 Å². The van der Waals surface area contributed by atoms with Gasteiger partial charge in [0.25, 0.3) is 0 Å². The third-order valence-electron chi connectivity index (χ3n) is 2.64. The Hall–Kier alpha value is -0.900. The molecule has 1 aliphatic heterocycles. The molecule has 1 aromatic rings. The van der Waals surface area contributed by atoms with Crippen molar-refractivity contribution >= 4 is 17.7 Å². The molecule has 2 heterocycles. The standard InChI is InChI=1S/C10H12O3S/c11-9(12)6-10(3-5-14-7-10)8-2-1-4-13-8/h1-2,4H,3,5-7H2,(H,11,12). The van der Waals surface area contributed by atoms with E-state index in [2.05, 4.69) is 0 Å². The molecule has 1 N–H and O–H groups in total. The molecule has 0 saturated carbocycles. The second-order valence-electron chi connectivity index (χ2n) is 3.63. The van der Waals surface area contributed by atoms with Gasteiger partial charge in [-0.25, -0.2) is 0 Å². The van der Waals surface area contributed by atoms with E-state index in [1.807, 2.05) is 12.1 Å². The van der Waals surface area contributed by atoms with Crippen LogP contribution in [0.4, 0.5) is 0 Å². The molecule has 14 heavy (non-hydrogen) atoms. The normalized spacial score (nSPS) is 26.6. The first-order valence-corrected chi connectivity index (χ1v) is 5.72. The van der Waals surface area contributed by atoms with Crippen molar-refractivity contribution in [2.75, 3.05) is 11.5 Å². The molecule has 0 radical (unpaired) electrons. The van der Waals surface area contributed by atoms with Gasteiger partial charge < -0.3 is 9.52 Å². The summed E-state index contributed by atoms with van der Waals surface area (Å²) < 4.78 is 5.34. The number of carboxylic acid groups (broad SMARTS) is 1. The summed E-state index contributed by atoms with van der Waals surface area (Å²) in [5.41, 5.74) is -0.264. The van der Waals surface area contributed by atoms with Gasteiger partial charge in [0.1, 0.15) is 5.76 Å². The Morgan fingerprint density at radius 1 is 1.71 bits per heavy atom. The topological polar surface area (TPSA) is 50.4 Å². The highest BCUT2D eigenvalue weighted by atomic mass is 32.2. The molecule has 1 fully saturated rings. The number of carbonyl (C=O) groups is 1. The van der Waals surface area contributed by atoms with Crippen LogP contribution in [0.1, 0.15) is 18.6 Å². The van der Waals surface area contributed by atoms with Gasteiger partial charge in [-0.2, -0.15) is 11.8 Å². The molecule has 0 bridgehead atoms. The third kappa shape index (κ3) is 1.66. The van der Waals surface area contributed by atoms with E-state index in [0.29, 0.717) is 0 Å². The summed E-state index contributed by atoms with van der Waals surface area (Å²) in [6.45, 7) is 0. The number of carboxylic acids is 1. The molecule has 76 valence electrons. The van der Waals surface area contributed by atoms with E-state index >= 15 is 0 Å². The highest BCUT2D eigenvalue weighted by molar-refractivity contribution is 7.99. The van der Waals surface area contributed by atoms with Gasteiger partial charge in [0.15, 0.2) is 0 Å². The monoisotopic (exact) mass is 212 g/mol. The molecule has 1 unspecified atom stereocenters. The first-order chi connectivity index (χ1) is 6.73. The van der Waals surface area contributed by atoms with Crippen molar-refractivity contribution in [2.45, 2.75) is 18.3 Å². The van der Waals surface area contributed by atoms with Crippen molar-refractivity contribution in [3.8, 4) is 0 Å². The van der Waals surface area contributed by atoms with Crippen molar-refractivity contribution in [1.29, 1.82) is 0 Å². The SMILES string of the molecule is O=C(O)CC1(c2ccco2)CCSC1. The lowest BCUT2D eigenvalue weighted by atomic mass is 9.81. The number of rotatable bonds is 3. The van der Waals surface area contributed by atoms with Crippen molar-refractivity contribution in [1.82, 2.24) is 0 Å². The van der Waals surface area contributed by atoms with E-state index in [1.165, 1.54) is 0 Å². The smallest absolute Gasteiger partial charge is 0.304 e. The van der Waals surface area contributed by atoms with Crippen molar-refractivity contribution < 1.29 is 14.3 Å². The summed E-state index contributed by atoms with van der Waals surface area (Å²) in [6, 6.07) is 3.71. The molecule has 2 rings (SSSR count). The predicted octanol–water partition coefficient (Wildman–Crippen LogP) is 2.13. The number of hydrogen-bond acceptors (Lipinski definition) is 3. The fraction of sp³-hybridized carbons (Fsp3) is 0.500. The highest BCUT2D eigenvalue weighted by Gasteiger charge is 2.40. The zero-order valence-corrected chi connectivity index (χ0v) is 8.55. The van der Waals surface area contributed by atoms with Gasteiger partial charge in [-0.3, -0.25) is 4.79 Å². The summed E-state index contributed by atoms with van der Waals surface area (Å²) in [5, 5.41) is 8.89. The Balaban J connectivity index is 2.26. The fourth-order valence-electron chi connectivity index (χ4n) is 1.90. The molecule has 0 aromatic carbocycles. The van der Waals surface area contributed by atoms with E-state index in [9.17, 15) is 4.79 Å². The average molecular weight is 212 g/mol. The van der Waals surface area contributed by atoms with E-state index < -0.39 is 5.97 Å². The van der Waals surface area contributed by atoms with Crippen LogP contribution in [-0.4, -0.2) is 22.6 Å². The molecule has 4 heteroatoms. The number of hydrogen-bond donors (Lipinski definition) is 1. The molecule has 1 aromatic heterocycles. The minimum atomic E-state index is -0.746. The first kappa shape index (κ1) is 9.65. The van der Waals surface area contributed by atoms with Gasteiger partial charge in [0, 0.05) is 11.2 Å². The van der Waals surface area contributed by atoms with Gasteiger partial charge in [-0.1, -0.05) is 0 Å². The lowest BCUT2D eigenvalue weighted by molar-refractivity contribution is -0.138. The van der Waals surface area contributed by atoms with Gasteiger partial charge in [0.05, 0.1) is 12.7 Å².